The van der Waals surface area contributed by atoms with Gasteiger partial charge in [-0.25, -0.2) is 4.79 Å². The monoisotopic (exact) mass is 234 g/mol. The van der Waals surface area contributed by atoms with Gasteiger partial charge in [-0.05, 0) is 18.2 Å². The van der Waals surface area contributed by atoms with Crippen LogP contribution in [0.5, 0.6) is 5.75 Å². The first-order chi connectivity index (χ1) is 8.10. The first-order valence-corrected chi connectivity index (χ1v) is 5.10. The highest BCUT2D eigenvalue weighted by molar-refractivity contribution is 6.06. The lowest BCUT2D eigenvalue weighted by Crippen LogP contribution is -2.09. The molecule has 90 valence electrons. The Labute approximate surface area is 98.7 Å². The Balaban J connectivity index is 2.75. The quantitative estimate of drug-likeness (QED) is 0.801. The second kappa shape index (κ2) is 4.01. The molecule has 0 aliphatic heterocycles. The van der Waals surface area contributed by atoms with Gasteiger partial charge in [0.15, 0.2) is 5.69 Å². The van der Waals surface area contributed by atoms with Crippen molar-refractivity contribution in [2.75, 3.05) is 20.0 Å². The van der Waals surface area contributed by atoms with Gasteiger partial charge in [0, 0.05) is 12.4 Å². The molecule has 5 heteroatoms. The predicted molar refractivity (Wildman–Crippen MR) is 65.2 cm³/mol. The van der Waals surface area contributed by atoms with E-state index in [9.17, 15) is 4.79 Å². The van der Waals surface area contributed by atoms with Crippen LogP contribution in [0.2, 0.25) is 0 Å². The van der Waals surface area contributed by atoms with Gasteiger partial charge in [0.25, 0.3) is 0 Å². The summed E-state index contributed by atoms with van der Waals surface area (Å²) in [4.78, 5) is 11.6. The lowest BCUT2D eigenvalue weighted by atomic mass is 10.2. The van der Waals surface area contributed by atoms with Crippen LogP contribution in [-0.4, -0.2) is 24.8 Å². The van der Waals surface area contributed by atoms with E-state index in [-0.39, 0.29) is 0 Å². The minimum Gasteiger partial charge on any atom is -0.497 e. The first-order valence-electron chi connectivity index (χ1n) is 5.10. The summed E-state index contributed by atoms with van der Waals surface area (Å²) in [6, 6.07) is 5.48. The van der Waals surface area contributed by atoms with Gasteiger partial charge in [0.2, 0.25) is 0 Å². The standard InChI is InChI=1S/C12H14N2O3/c1-14-9-5-4-7(16-2)6-8(9)10(13)11(14)12(15)17-3/h4-6H,13H2,1-3H3. The minimum atomic E-state index is -0.444. The van der Waals surface area contributed by atoms with E-state index in [4.69, 9.17) is 15.2 Å². The fraction of sp³-hybridized carbons (Fsp3) is 0.250. The van der Waals surface area contributed by atoms with Crippen molar-refractivity contribution in [3.8, 4) is 5.75 Å². The molecule has 0 unspecified atom stereocenters. The van der Waals surface area contributed by atoms with Gasteiger partial charge in [-0.3, -0.25) is 0 Å². The minimum absolute atomic E-state index is 0.357. The number of anilines is 1. The molecule has 2 rings (SSSR count). The van der Waals surface area contributed by atoms with E-state index in [0.29, 0.717) is 17.1 Å². The van der Waals surface area contributed by atoms with Crippen molar-refractivity contribution in [1.29, 1.82) is 0 Å². The van der Waals surface area contributed by atoms with Gasteiger partial charge in [-0.1, -0.05) is 0 Å². The van der Waals surface area contributed by atoms with E-state index in [1.807, 2.05) is 12.1 Å². The van der Waals surface area contributed by atoms with Crippen molar-refractivity contribution < 1.29 is 14.3 Å². The van der Waals surface area contributed by atoms with Crippen LogP contribution in [0.1, 0.15) is 10.5 Å². The maximum atomic E-state index is 11.6. The number of ether oxygens (including phenoxy) is 2. The van der Waals surface area contributed by atoms with E-state index >= 15 is 0 Å². The van der Waals surface area contributed by atoms with Gasteiger partial charge in [0.05, 0.1) is 25.4 Å². The number of aromatic nitrogens is 1. The Morgan fingerprint density at radius 3 is 2.65 bits per heavy atom. The molecule has 1 heterocycles. The average molecular weight is 234 g/mol. The summed E-state index contributed by atoms with van der Waals surface area (Å²) in [5, 5.41) is 0.784. The van der Waals surface area contributed by atoms with Crippen molar-refractivity contribution in [2.45, 2.75) is 0 Å². The van der Waals surface area contributed by atoms with E-state index in [2.05, 4.69) is 0 Å². The molecule has 0 aliphatic carbocycles. The van der Waals surface area contributed by atoms with Crippen molar-refractivity contribution >= 4 is 22.6 Å². The Morgan fingerprint density at radius 2 is 2.06 bits per heavy atom. The average Bonchev–Trinajstić information content (AvgIpc) is 2.60. The van der Waals surface area contributed by atoms with E-state index in [0.717, 1.165) is 10.9 Å². The molecule has 0 radical (unpaired) electrons. The van der Waals surface area contributed by atoms with Gasteiger partial charge >= 0.3 is 5.97 Å². The summed E-state index contributed by atoms with van der Waals surface area (Å²) in [6.07, 6.45) is 0. The molecule has 2 aromatic rings. The lowest BCUT2D eigenvalue weighted by molar-refractivity contribution is 0.0592. The molecule has 17 heavy (non-hydrogen) atoms. The van der Waals surface area contributed by atoms with Gasteiger partial charge in [-0.2, -0.15) is 0 Å². The molecular formula is C12H14N2O3. The van der Waals surface area contributed by atoms with Crippen LogP contribution < -0.4 is 10.5 Å². The van der Waals surface area contributed by atoms with E-state index in [1.54, 1.807) is 24.8 Å². The molecule has 0 saturated carbocycles. The molecule has 0 atom stereocenters. The maximum absolute atomic E-state index is 11.6. The highest BCUT2D eigenvalue weighted by Crippen LogP contribution is 2.31. The van der Waals surface area contributed by atoms with Crippen molar-refractivity contribution in [1.82, 2.24) is 4.57 Å². The second-order valence-electron chi connectivity index (χ2n) is 3.70. The van der Waals surface area contributed by atoms with Crippen molar-refractivity contribution in [3.63, 3.8) is 0 Å². The summed E-state index contributed by atoms with van der Waals surface area (Å²) in [7, 11) is 4.69. The number of hydrogen-bond acceptors (Lipinski definition) is 4. The molecule has 2 N–H and O–H groups in total. The number of aryl methyl sites for hydroxylation is 1. The number of hydrogen-bond donors (Lipinski definition) is 1. The molecule has 0 fully saturated rings. The summed E-state index contributed by atoms with van der Waals surface area (Å²) >= 11 is 0. The highest BCUT2D eigenvalue weighted by Gasteiger charge is 2.19. The van der Waals surface area contributed by atoms with Crippen LogP contribution in [0.25, 0.3) is 10.9 Å². The number of nitrogens with two attached hydrogens (primary N) is 1. The predicted octanol–water partition coefficient (Wildman–Crippen LogP) is 1.56. The topological polar surface area (TPSA) is 66.5 Å². The van der Waals surface area contributed by atoms with E-state index < -0.39 is 5.97 Å². The molecule has 0 bridgehead atoms. The number of carbonyl (C=O) groups is 1. The van der Waals surface area contributed by atoms with Gasteiger partial charge < -0.3 is 19.8 Å². The molecule has 5 nitrogen and oxygen atoms in total. The Hall–Kier alpha value is -2.17. The van der Waals surface area contributed by atoms with Crippen LogP contribution in [0, 0.1) is 0 Å². The molecule has 1 aromatic heterocycles. The molecule has 0 saturated heterocycles. The number of carbonyl (C=O) groups excluding carboxylic acids is 1. The largest absolute Gasteiger partial charge is 0.497 e. The maximum Gasteiger partial charge on any atom is 0.356 e. The van der Waals surface area contributed by atoms with Crippen LogP contribution >= 0.6 is 0 Å². The van der Waals surface area contributed by atoms with Crippen LogP contribution in [0.3, 0.4) is 0 Å². The zero-order chi connectivity index (χ0) is 12.6. The zero-order valence-electron chi connectivity index (χ0n) is 9.98. The third kappa shape index (κ3) is 1.60. The molecular weight excluding hydrogens is 220 g/mol. The fourth-order valence-corrected chi connectivity index (χ4v) is 1.92. The Morgan fingerprint density at radius 1 is 1.35 bits per heavy atom. The third-order valence-corrected chi connectivity index (χ3v) is 2.82. The van der Waals surface area contributed by atoms with Gasteiger partial charge in [0.1, 0.15) is 5.75 Å². The first kappa shape index (κ1) is 11.3. The Kier molecular flexibility index (Phi) is 2.67. The summed E-state index contributed by atoms with van der Waals surface area (Å²) in [6.45, 7) is 0. The second-order valence-corrected chi connectivity index (χ2v) is 3.70. The van der Waals surface area contributed by atoms with Gasteiger partial charge in [-0.15, -0.1) is 0 Å². The smallest absolute Gasteiger partial charge is 0.356 e. The lowest BCUT2D eigenvalue weighted by Gasteiger charge is -2.02. The van der Waals surface area contributed by atoms with Crippen LogP contribution in [0.4, 0.5) is 5.69 Å². The number of fused-ring (bicyclic) bond motifs is 1. The SMILES string of the molecule is COC(=O)c1c(N)c2cc(OC)ccc2n1C. The summed E-state index contributed by atoms with van der Waals surface area (Å²) in [5.74, 6) is 0.256. The van der Waals surface area contributed by atoms with Crippen molar-refractivity contribution in [3.05, 3.63) is 23.9 Å². The fourth-order valence-electron chi connectivity index (χ4n) is 1.92. The molecule has 0 amide bonds. The molecule has 0 aliphatic rings. The highest BCUT2D eigenvalue weighted by atomic mass is 16.5. The third-order valence-electron chi connectivity index (χ3n) is 2.82. The number of rotatable bonds is 2. The number of nitrogen functional groups attached to an aromatic ring is 1. The van der Waals surface area contributed by atoms with Crippen LogP contribution in [-0.2, 0) is 11.8 Å². The molecule has 0 spiro atoms. The van der Waals surface area contributed by atoms with Crippen molar-refractivity contribution in [2.24, 2.45) is 7.05 Å². The number of esters is 1. The van der Waals surface area contributed by atoms with E-state index in [1.165, 1.54) is 7.11 Å². The number of benzene rings is 1. The normalized spacial score (nSPS) is 10.5. The zero-order valence-corrected chi connectivity index (χ0v) is 9.98. The number of methoxy groups -OCH3 is 2. The summed E-state index contributed by atoms with van der Waals surface area (Å²) < 4.78 is 11.6. The molecule has 1 aromatic carbocycles. The van der Waals surface area contributed by atoms with Crippen LogP contribution in [0.15, 0.2) is 18.2 Å². The Bertz CT molecular complexity index is 587. The number of nitrogens with zero attached hydrogens (tertiary/aromatic N) is 1. The summed E-state index contributed by atoms with van der Waals surface area (Å²) in [5.41, 5.74) is 7.59.